The van der Waals surface area contributed by atoms with Crippen LogP contribution in [0.3, 0.4) is 0 Å². The highest BCUT2D eigenvalue weighted by molar-refractivity contribution is 5.57. The molecule has 1 aliphatic carbocycles. The average Bonchev–Trinajstić information content (AvgIpc) is 2.85. The van der Waals surface area contributed by atoms with Gasteiger partial charge in [0.15, 0.2) is 0 Å². The zero-order valence-corrected chi connectivity index (χ0v) is 10.9. The maximum Gasteiger partial charge on any atom is 0.0558 e. The van der Waals surface area contributed by atoms with E-state index in [9.17, 15) is 0 Å². The van der Waals surface area contributed by atoms with E-state index in [-0.39, 0.29) is 0 Å². The van der Waals surface area contributed by atoms with Gasteiger partial charge in [-0.05, 0) is 36.8 Å². The van der Waals surface area contributed by atoms with Gasteiger partial charge in [0, 0.05) is 0 Å². The van der Waals surface area contributed by atoms with E-state index < -0.39 is 0 Å². The summed E-state index contributed by atoms with van der Waals surface area (Å²) in [6.45, 7) is 9.27. The fourth-order valence-corrected chi connectivity index (χ4v) is 2.70. The minimum absolute atomic E-state index is 0.656. The van der Waals surface area contributed by atoms with Crippen LogP contribution in [-0.4, -0.2) is 12.3 Å². The van der Waals surface area contributed by atoms with E-state index in [4.69, 9.17) is 4.99 Å². The largest absolute Gasteiger partial charge is 0.294 e. The SMILES string of the molecule is CCCC/C=N\C1C([C@@H](C)CCC)[C@@H]1C. The molecule has 0 aromatic heterocycles. The molecular formula is C14H27N. The van der Waals surface area contributed by atoms with Gasteiger partial charge in [-0.3, -0.25) is 4.99 Å². The van der Waals surface area contributed by atoms with Crippen molar-refractivity contribution in [2.75, 3.05) is 0 Å². The van der Waals surface area contributed by atoms with Crippen LogP contribution >= 0.6 is 0 Å². The molecule has 0 aromatic carbocycles. The lowest BCUT2D eigenvalue weighted by Gasteiger charge is -2.07. The highest BCUT2D eigenvalue weighted by atomic mass is 14.9. The molecule has 0 spiro atoms. The van der Waals surface area contributed by atoms with Crippen molar-refractivity contribution in [3.05, 3.63) is 0 Å². The van der Waals surface area contributed by atoms with Gasteiger partial charge in [0.2, 0.25) is 0 Å². The zero-order valence-electron chi connectivity index (χ0n) is 10.9. The molecule has 2 unspecified atom stereocenters. The summed E-state index contributed by atoms with van der Waals surface area (Å²) in [5.74, 6) is 2.59. The van der Waals surface area contributed by atoms with E-state index in [1.54, 1.807) is 0 Å². The van der Waals surface area contributed by atoms with Crippen molar-refractivity contribution in [1.82, 2.24) is 0 Å². The third-order valence-corrected chi connectivity index (χ3v) is 3.76. The number of hydrogen-bond donors (Lipinski definition) is 0. The van der Waals surface area contributed by atoms with Gasteiger partial charge in [0.05, 0.1) is 6.04 Å². The fraction of sp³-hybridized carbons (Fsp3) is 0.929. The van der Waals surface area contributed by atoms with E-state index in [0.29, 0.717) is 6.04 Å². The van der Waals surface area contributed by atoms with E-state index in [2.05, 4.69) is 33.9 Å². The van der Waals surface area contributed by atoms with Gasteiger partial charge in [-0.15, -0.1) is 0 Å². The molecule has 1 rings (SSSR count). The van der Waals surface area contributed by atoms with Crippen LogP contribution in [0.25, 0.3) is 0 Å². The molecule has 0 N–H and O–H groups in total. The maximum atomic E-state index is 4.71. The van der Waals surface area contributed by atoms with Crippen molar-refractivity contribution < 1.29 is 0 Å². The van der Waals surface area contributed by atoms with E-state index in [1.165, 1.54) is 32.1 Å². The molecule has 4 atom stereocenters. The smallest absolute Gasteiger partial charge is 0.0558 e. The number of rotatable bonds is 7. The second kappa shape index (κ2) is 6.30. The normalized spacial score (nSPS) is 32.1. The van der Waals surface area contributed by atoms with Crippen LogP contribution in [0.5, 0.6) is 0 Å². The van der Waals surface area contributed by atoms with Crippen LogP contribution in [0.2, 0.25) is 0 Å². The van der Waals surface area contributed by atoms with Crippen molar-refractivity contribution in [2.45, 2.75) is 65.8 Å². The molecule has 15 heavy (non-hydrogen) atoms. The molecule has 0 aliphatic heterocycles. The summed E-state index contributed by atoms with van der Waals surface area (Å²) in [6.07, 6.45) is 8.60. The predicted molar refractivity (Wildman–Crippen MR) is 68.5 cm³/mol. The highest BCUT2D eigenvalue weighted by Crippen LogP contribution is 2.48. The van der Waals surface area contributed by atoms with Crippen molar-refractivity contribution in [3.63, 3.8) is 0 Å². The average molecular weight is 209 g/mol. The molecule has 0 amide bonds. The monoisotopic (exact) mass is 209 g/mol. The zero-order chi connectivity index (χ0) is 11.3. The molecule has 1 heteroatoms. The molecule has 1 saturated carbocycles. The number of nitrogens with zero attached hydrogens (tertiary/aromatic N) is 1. The van der Waals surface area contributed by atoms with Gasteiger partial charge >= 0.3 is 0 Å². The Bertz CT molecular complexity index is 198. The van der Waals surface area contributed by atoms with Crippen LogP contribution < -0.4 is 0 Å². The Labute approximate surface area is 95.4 Å². The molecule has 1 fully saturated rings. The van der Waals surface area contributed by atoms with Crippen molar-refractivity contribution >= 4 is 6.21 Å². The molecule has 0 aromatic rings. The highest BCUT2D eigenvalue weighted by Gasteiger charge is 2.48. The molecular weight excluding hydrogens is 182 g/mol. The van der Waals surface area contributed by atoms with Gasteiger partial charge in [0.25, 0.3) is 0 Å². The first-order chi connectivity index (χ1) is 7.22. The summed E-state index contributed by atoms with van der Waals surface area (Å²) in [5, 5.41) is 0. The van der Waals surface area contributed by atoms with E-state index in [0.717, 1.165) is 17.8 Å². The minimum atomic E-state index is 0.656. The first-order valence-corrected chi connectivity index (χ1v) is 6.74. The fourth-order valence-electron chi connectivity index (χ4n) is 2.70. The van der Waals surface area contributed by atoms with Gasteiger partial charge in [-0.1, -0.05) is 47.0 Å². The summed E-state index contributed by atoms with van der Waals surface area (Å²) in [7, 11) is 0. The Morgan fingerprint density at radius 1 is 1.27 bits per heavy atom. The third kappa shape index (κ3) is 3.62. The summed E-state index contributed by atoms with van der Waals surface area (Å²) >= 11 is 0. The van der Waals surface area contributed by atoms with Crippen LogP contribution in [0.4, 0.5) is 0 Å². The Balaban J connectivity index is 2.24. The lowest BCUT2D eigenvalue weighted by atomic mass is 9.99. The number of unbranched alkanes of at least 4 members (excludes halogenated alkanes) is 2. The summed E-state index contributed by atoms with van der Waals surface area (Å²) < 4.78 is 0. The lowest BCUT2D eigenvalue weighted by Crippen LogP contribution is -2.00. The van der Waals surface area contributed by atoms with Crippen LogP contribution in [0.1, 0.15) is 59.8 Å². The van der Waals surface area contributed by atoms with Gasteiger partial charge in [0.1, 0.15) is 0 Å². The summed E-state index contributed by atoms with van der Waals surface area (Å²) in [5.41, 5.74) is 0. The molecule has 88 valence electrons. The van der Waals surface area contributed by atoms with E-state index in [1.807, 2.05) is 0 Å². The van der Waals surface area contributed by atoms with Crippen LogP contribution in [-0.2, 0) is 0 Å². The molecule has 0 bridgehead atoms. The molecule has 1 nitrogen and oxygen atoms in total. The second-order valence-electron chi connectivity index (χ2n) is 5.17. The van der Waals surface area contributed by atoms with E-state index >= 15 is 0 Å². The van der Waals surface area contributed by atoms with Crippen LogP contribution in [0.15, 0.2) is 4.99 Å². The first kappa shape index (κ1) is 12.7. The third-order valence-electron chi connectivity index (χ3n) is 3.76. The summed E-state index contributed by atoms with van der Waals surface area (Å²) in [6, 6.07) is 0.656. The lowest BCUT2D eigenvalue weighted by molar-refractivity contribution is 0.439. The quantitative estimate of drug-likeness (QED) is 0.437. The standard InChI is InChI=1S/C14H27N/c1-5-7-8-10-15-14-12(4)13(14)11(3)9-6-2/h10-14H,5-9H2,1-4H3/b15-10-/t11-,12-,13?,14?/m0/s1. The van der Waals surface area contributed by atoms with Crippen molar-refractivity contribution in [3.8, 4) is 0 Å². The number of aliphatic imine (C=N–C) groups is 1. The first-order valence-electron chi connectivity index (χ1n) is 6.74. The Morgan fingerprint density at radius 2 is 2.00 bits per heavy atom. The van der Waals surface area contributed by atoms with Crippen LogP contribution in [0, 0.1) is 17.8 Å². The minimum Gasteiger partial charge on any atom is -0.294 e. The molecule has 0 radical (unpaired) electrons. The van der Waals surface area contributed by atoms with Gasteiger partial charge < -0.3 is 0 Å². The Kier molecular flexibility index (Phi) is 5.35. The van der Waals surface area contributed by atoms with Crippen molar-refractivity contribution in [1.29, 1.82) is 0 Å². The molecule has 0 heterocycles. The molecule has 1 aliphatic rings. The molecule has 0 saturated heterocycles. The Morgan fingerprint density at radius 3 is 2.60 bits per heavy atom. The van der Waals surface area contributed by atoms with Gasteiger partial charge in [-0.25, -0.2) is 0 Å². The summed E-state index contributed by atoms with van der Waals surface area (Å²) in [4.78, 5) is 4.71. The van der Waals surface area contributed by atoms with Crippen molar-refractivity contribution in [2.24, 2.45) is 22.7 Å². The topological polar surface area (TPSA) is 12.4 Å². The predicted octanol–water partition coefficient (Wildman–Crippen LogP) is 4.32. The Hall–Kier alpha value is -0.330. The maximum absolute atomic E-state index is 4.71. The second-order valence-corrected chi connectivity index (χ2v) is 5.17. The van der Waals surface area contributed by atoms with Gasteiger partial charge in [-0.2, -0.15) is 0 Å². The number of hydrogen-bond acceptors (Lipinski definition) is 1.